The Kier molecular flexibility index (Phi) is 5.96. The third-order valence-corrected chi connectivity index (χ3v) is 6.28. The van der Waals surface area contributed by atoms with E-state index in [9.17, 15) is 4.79 Å². The Labute approximate surface area is 173 Å². The van der Waals surface area contributed by atoms with Crippen LogP contribution in [-0.2, 0) is 17.8 Å². The Hall–Kier alpha value is -2.25. The summed E-state index contributed by atoms with van der Waals surface area (Å²) in [5, 5.41) is 4.76. The van der Waals surface area contributed by atoms with Gasteiger partial charge in [-0.05, 0) is 38.6 Å². The maximum atomic E-state index is 12.9. The summed E-state index contributed by atoms with van der Waals surface area (Å²) in [6.45, 7) is 12.4. The number of pyridine rings is 1. The second-order valence-electron chi connectivity index (χ2n) is 8.17. The number of hydrogen-bond donors (Lipinski definition) is 0. The van der Waals surface area contributed by atoms with E-state index in [4.69, 9.17) is 5.10 Å². The first-order chi connectivity index (χ1) is 14.1. The molecular weight excluding hydrogens is 364 g/mol. The Morgan fingerprint density at radius 2 is 2.10 bits per heavy atom. The molecule has 7 heteroatoms. The van der Waals surface area contributed by atoms with E-state index < -0.39 is 0 Å². The number of likely N-dealkylation sites (tertiary alicyclic amines) is 1. The molecule has 4 heterocycles. The summed E-state index contributed by atoms with van der Waals surface area (Å²) in [5.74, 6) is 0.264. The summed E-state index contributed by atoms with van der Waals surface area (Å²) in [6.07, 6.45) is 5.91. The SMILES string of the molecule is CCN(CC)C1CCN(C(=O)CN2CCc3nn(-c4ccnc(C)c4)cc3C2)C1. The number of nitrogens with zero attached hydrogens (tertiary/aromatic N) is 6. The minimum absolute atomic E-state index is 0.264. The lowest BCUT2D eigenvalue weighted by atomic mass is 10.1. The van der Waals surface area contributed by atoms with Gasteiger partial charge in [-0.1, -0.05) is 13.8 Å². The number of aryl methyl sites for hydroxylation is 1. The average Bonchev–Trinajstić information content (AvgIpc) is 3.36. The maximum absolute atomic E-state index is 12.9. The van der Waals surface area contributed by atoms with E-state index in [0.717, 1.165) is 69.2 Å². The largest absolute Gasteiger partial charge is 0.340 e. The molecule has 1 saturated heterocycles. The van der Waals surface area contributed by atoms with Gasteiger partial charge >= 0.3 is 0 Å². The third kappa shape index (κ3) is 4.36. The smallest absolute Gasteiger partial charge is 0.236 e. The Morgan fingerprint density at radius 3 is 2.86 bits per heavy atom. The van der Waals surface area contributed by atoms with Crippen LogP contribution in [0.4, 0.5) is 0 Å². The monoisotopic (exact) mass is 396 g/mol. The summed E-state index contributed by atoms with van der Waals surface area (Å²) in [5.41, 5.74) is 4.39. The first kappa shape index (κ1) is 20.0. The van der Waals surface area contributed by atoms with Crippen molar-refractivity contribution in [3.8, 4) is 5.69 Å². The fraction of sp³-hybridized carbons (Fsp3) is 0.591. The Bertz CT molecular complexity index is 859. The molecule has 2 aromatic heterocycles. The Balaban J connectivity index is 1.36. The molecule has 1 atom stereocenters. The average molecular weight is 397 g/mol. The maximum Gasteiger partial charge on any atom is 0.236 e. The highest BCUT2D eigenvalue weighted by molar-refractivity contribution is 5.78. The van der Waals surface area contributed by atoms with Crippen LogP contribution in [0.1, 0.15) is 37.2 Å². The predicted molar refractivity (Wildman–Crippen MR) is 113 cm³/mol. The van der Waals surface area contributed by atoms with Gasteiger partial charge in [0.25, 0.3) is 0 Å². The van der Waals surface area contributed by atoms with E-state index in [1.54, 1.807) is 0 Å². The van der Waals surface area contributed by atoms with Crippen LogP contribution in [0, 0.1) is 6.92 Å². The van der Waals surface area contributed by atoms with Gasteiger partial charge in [0, 0.05) is 62.3 Å². The number of carbonyl (C=O) groups excluding carboxylic acids is 1. The van der Waals surface area contributed by atoms with Gasteiger partial charge in [0.15, 0.2) is 0 Å². The molecular formula is C22H32N6O. The Morgan fingerprint density at radius 1 is 1.28 bits per heavy atom. The highest BCUT2D eigenvalue weighted by Gasteiger charge is 2.30. The van der Waals surface area contributed by atoms with E-state index in [2.05, 4.69) is 39.7 Å². The first-order valence-electron chi connectivity index (χ1n) is 10.8. The van der Waals surface area contributed by atoms with Gasteiger partial charge in [-0.2, -0.15) is 5.10 Å². The standard InChI is InChI=1S/C22H32N6O/c1-4-26(5-2)20-7-11-27(15-20)22(29)16-25-10-8-21-18(13-25)14-28(24-21)19-6-9-23-17(3)12-19/h6,9,12,14,20H,4-5,7-8,10-11,13,15-16H2,1-3H3. The number of fused-ring (bicyclic) bond motifs is 1. The highest BCUT2D eigenvalue weighted by atomic mass is 16.2. The second kappa shape index (κ2) is 8.63. The molecule has 156 valence electrons. The zero-order chi connectivity index (χ0) is 20.4. The lowest BCUT2D eigenvalue weighted by Gasteiger charge is -2.29. The number of amides is 1. The predicted octanol–water partition coefficient (Wildman–Crippen LogP) is 1.88. The van der Waals surface area contributed by atoms with Crippen LogP contribution in [-0.4, -0.2) is 80.7 Å². The molecule has 2 aliphatic rings. The van der Waals surface area contributed by atoms with Crippen molar-refractivity contribution < 1.29 is 4.79 Å². The normalized spacial score (nSPS) is 19.7. The van der Waals surface area contributed by atoms with Gasteiger partial charge in [0.2, 0.25) is 5.91 Å². The van der Waals surface area contributed by atoms with Crippen LogP contribution in [0.3, 0.4) is 0 Å². The molecule has 29 heavy (non-hydrogen) atoms. The highest BCUT2D eigenvalue weighted by Crippen LogP contribution is 2.21. The van der Waals surface area contributed by atoms with E-state index in [0.29, 0.717) is 12.6 Å². The fourth-order valence-corrected chi connectivity index (χ4v) is 4.61. The lowest BCUT2D eigenvalue weighted by molar-refractivity contribution is -0.131. The molecule has 7 nitrogen and oxygen atoms in total. The number of hydrogen-bond acceptors (Lipinski definition) is 5. The van der Waals surface area contributed by atoms with E-state index in [-0.39, 0.29) is 5.91 Å². The summed E-state index contributed by atoms with van der Waals surface area (Å²) in [7, 11) is 0. The lowest BCUT2D eigenvalue weighted by Crippen LogP contribution is -2.43. The molecule has 0 aliphatic carbocycles. The first-order valence-corrected chi connectivity index (χ1v) is 10.8. The van der Waals surface area contributed by atoms with Crippen LogP contribution >= 0.6 is 0 Å². The van der Waals surface area contributed by atoms with Crippen molar-refractivity contribution in [1.29, 1.82) is 0 Å². The van der Waals surface area contributed by atoms with Crippen molar-refractivity contribution in [2.75, 3.05) is 39.3 Å². The van der Waals surface area contributed by atoms with Crippen LogP contribution in [0.25, 0.3) is 5.69 Å². The molecule has 0 spiro atoms. The molecule has 0 radical (unpaired) electrons. The van der Waals surface area contributed by atoms with Crippen molar-refractivity contribution >= 4 is 5.91 Å². The molecule has 0 aromatic carbocycles. The molecule has 0 N–H and O–H groups in total. The zero-order valence-electron chi connectivity index (χ0n) is 17.8. The summed E-state index contributed by atoms with van der Waals surface area (Å²) in [6, 6.07) is 4.54. The van der Waals surface area contributed by atoms with Crippen LogP contribution in [0.15, 0.2) is 24.5 Å². The van der Waals surface area contributed by atoms with Crippen LogP contribution in [0.5, 0.6) is 0 Å². The van der Waals surface area contributed by atoms with Crippen molar-refractivity contribution in [1.82, 2.24) is 29.5 Å². The summed E-state index contributed by atoms with van der Waals surface area (Å²) in [4.78, 5) is 23.9. The van der Waals surface area contributed by atoms with Gasteiger partial charge < -0.3 is 4.90 Å². The number of aromatic nitrogens is 3. The van der Waals surface area contributed by atoms with Gasteiger partial charge in [0.1, 0.15) is 0 Å². The van der Waals surface area contributed by atoms with Crippen molar-refractivity contribution in [2.24, 2.45) is 0 Å². The van der Waals surface area contributed by atoms with E-state index >= 15 is 0 Å². The van der Waals surface area contributed by atoms with Crippen LogP contribution < -0.4 is 0 Å². The molecule has 0 bridgehead atoms. The molecule has 1 unspecified atom stereocenters. The topological polar surface area (TPSA) is 57.5 Å². The molecule has 2 aromatic rings. The van der Waals surface area contributed by atoms with Crippen molar-refractivity contribution in [3.63, 3.8) is 0 Å². The van der Waals surface area contributed by atoms with Gasteiger partial charge in [-0.15, -0.1) is 0 Å². The van der Waals surface area contributed by atoms with E-state index in [1.807, 2.05) is 29.9 Å². The zero-order valence-corrected chi connectivity index (χ0v) is 17.8. The number of rotatable bonds is 6. The summed E-state index contributed by atoms with van der Waals surface area (Å²) >= 11 is 0. The second-order valence-corrected chi connectivity index (χ2v) is 8.17. The number of carbonyl (C=O) groups is 1. The number of likely N-dealkylation sites (N-methyl/N-ethyl adjacent to an activating group) is 1. The molecule has 1 fully saturated rings. The van der Waals surface area contributed by atoms with E-state index in [1.165, 1.54) is 5.56 Å². The fourth-order valence-electron chi connectivity index (χ4n) is 4.61. The third-order valence-electron chi connectivity index (χ3n) is 6.28. The van der Waals surface area contributed by atoms with Crippen molar-refractivity contribution in [3.05, 3.63) is 41.5 Å². The minimum Gasteiger partial charge on any atom is -0.340 e. The van der Waals surface area contributed by atoms with Crippen LogP contribution in [0.2, 0.25) is 0 Å². The van der Waals surface area contributed by atoms with Gasteiger partial charge in [-0.3, -0.25) is 19.6 Å². The molecule has 1 amide bonds. The minimum atomic E-state index is 0.264. The summed E-state index contributed by atoms with van der Waals surface area (Å²) < 4.78 is 1.94. The quantitative estimate of drug-likeness (QED) is 0.746. The van der Waals surface area contributed by atoms with Gasteiger partial charge in [-0.25, -0.2) is 4.68 Å². The van der Waals surface area contributed by atoms with Gasteiger partial charge in [0.05, 0.1) is 17.9 Å². The molecule has 2 aliphatic heterocycles. The van der Waals surface area contributed by atoms with Crippen molar-refractivity contribution in [2.45, 2.75) is 46.2 Å². The molecule has 4 rings (SSSR count). The molecule has 0 saturated carbocycles.